The molecule has 0 unspecified atom stereocenters. The van der Waals surface area contributed by atoms with E-state index in [-0.39, 0.29) is 39.3 Å². The zero-order valence-electron chi connectivity index (χ0n) is 31.5. The molecule has 0 aromatic heterocycles. The van der Waals surface area contributed by atoms with Crippen molar-refractivity contribution in [3.63, 3.8) is 0 Å². The summed E-state index contributed by atoms with van der Waals surface area (Å²) in [4.78, 5) is 0. The van der Waals surface area contributed by atoms with E-state index in [9.17, 15) is 52.7 Å². The largest absolute Gasteiger partial charge is 0.416 e. The first kappa shape index (κ1) is 43.8. The SMILES string of the molecule is C[C@H](C1=C(c2ccccc2P(c2cc(C(F)(F)F)cc(C(F)(F)F)c2)c2cc(C(F)(F)F)cc(C(F)(F)F)c2)C=C(C2C=CC=C2)C1)P(C(C)(C)C)C(C)(C)C. The lowest BCUT2D eigenvalue weighted by Crippen LogP contribution is -2.31. The molecular weight excluding hydrogens is 794 g/mol. The van der Waals surface area contributed by atoms with Gasteiger partial charge in [-0.2, -0.15) is 52.7 Å². The second-order valence-corrected chi connectivity index (χ2v) is 22.3. The zero-order valence-corrected chi connectivity index (χ0v) is 33.2. The number of hydrogen-bond acceptors (Lipinski definition) is 0. The molecule has 2 aliphatic carbocycles. The van der Waals surface area contributed by atoms with Crippen molar-refractivity contribution in [1.29, 1.82) is 0 Å². The van der Waals surface area contributed by atoms with Crippen LogP contribution in [0, 0.1) is 5.92 Å². The van der Waals surface area contributed by atoms with Crippen molar-refractivity contribution in [3.05, 3.63) is 130 Å². The van der Waals surface area contributed by atoms with Gasteiger partial charge in [-0.1, -0.05) is 122 Å². The number of rotatable bonds is 7. The van der Waals surface area contributed by atoms with Crippen LogP contribution >= 0.6 is 15.8 Å². The highest BCUT2D eigenvalue weighted by Crippen LogP contribution is 2.65. The van der Waals surface area contributed by atoms with Gasteiger partial charge in [-0.05, 0) is 93.8 Å². The summed E-state index contributed by atoms with van der Waals surface area (Å²) < 4.78 is 171. The molecule has 3 aromatic carbocycles. The molecule has 0 spiro atoms. The maximum Gasteiger partial charge on any atom is 0.416 e. The van der Waals surface area contributed by atoms with E-state index in [2.05, 4.69) is 48.5 Å². The summed E-state index contributed by atoms with van der Waals surface area (Å²) in [5.41, 5.74) is -4.32. The Hall–Kier alpha value is -3.36. The highest BCUT2D eigenvalue weighted by molar-refractivity contribution is 7.80. The number of hydrogen-bond donors (Lipinski definition) is 0. The monoisotopic (exact) mass is 834 g/mol. The summed E-state index contributed by atoms with van der Waals surface area (Å²) in [6.45, 7) is 14.8. The quantitative estimate of drug-likeness (QED) is 0.164. The molecule has 0 aliphatic heterocycles. The number of benzene rings is 3. The van der Waals surface area contributed by atoms with E-state index >= 15 is 0 Å². The molecule has 1 atom stereocenters. The third-order valence-electron chi connectivity index (χ3n) is 9.68. The molecule has 0 N–H and O–H groups in total. The van der Waals surface area contributed by atoms with Crippen molar-refractivity contribution in [2.75, 3.05) is 0 Å². The molecule has 302 valence electrons. The molecular formula is C42H40F12P2. The van der Waals surface area contributed by atoms with Crippen molar-refractivity contribution < 1.29 is 52.7 Å². The fourth-order valence-corrected chi connectivity index (χ4v) is 15.4. The Morgan fingerprint density at radius 3 is 1.34 bits per heavy atom. The summed E-state index contributed by atoms with van der Waals surface area (Å²) in [5, 5.41) is -1.83. The molecule has 0 nitrogen and oxygen atoms in total. The van der Waals surface area contributed by atoms with E-state index in [0.29, 0.717) is 41.8 Å². The average molecular weight is 835 g/mol. The lowest BCUT2D eigenvalue weighted by molar-refractivity contribution is -0.144. The highest BCUT2D eigenvalue weighted by atomic mass is 31.1. The minimum atomic E-state index is -5.34. The van der Waals surface area contributed by atoms with Gasteiger partial charge in [0, 0.05) is 5.92 Å². The number of alkyl halides is 12. The first-order valence-corrected chi connectivity index (χ1v) is 20.3. The van der Waals surface area contributed by atoms with E-state index in [1.54, 1.807) is 12.1 Å². The Morgan fingerprint density at radius 2 is 0.964 bits per heavy atom. The first-order chi connectivity index (χ1) is 25.5. The average Bonchev–Trinajstić information content (AvgIpc) is 3.73. The van der Waals surface area contributed by atoms with Gasteiger partial charge in [-0.25, -0.2) is 0 Å². The normalized spacial score (nSPS) is 16.8. The third kappa shape index (κ3) is 9.49. The van der Waals surface area contributed by atoms with Crippen LogP contribution in [0.5, 0.6) is 0 Å². The highest BCUT2D eigenvalue weighted by Gasteiger charge is 2.43. The van der Waals surface area contributed by atoms with Gasteiger partial charge in [0.05, 0.1) is 22.3 Å². The lowest BCUT2D eigenvalue weighted by atomic mass is 9.97. The van der Waals surface area contributed by atoms with Crippen molar-refractivity contribution in [2.24, 2.45) is 5.92 Å². The van der Waals surface area contributed by atoms with Gasteiger partial charge in [0.1, 0.15) is 0 Å². The van der Waals surface area contributed by atoms with Crippen molar-refractivity contribution in [1.82, 2.24) is 0 Å². The fourth-order valence-electron chi connectivity index (χ4n) is 7.94. The second kappa shape index (κ2) is 15.1. The summed E-state index contributed by atoms with van der Waals surface area (Å²) in [5.74, 6) is -0.130. The Labute approximate surface area is 321 Å². The Bertz CT molecular complexity index is 1910. The van der Waals surface area contributed by atoms with Gasteiger partial charge < -0.3 is 0 Å². The zero-order chi connectivity index (χ0) is 42.0. The smallest absolute Gasteiger partial charge is 0.166 e. The maximum absolute atomic E-state index is 14.3. The molecule has 5 rings (SSSR count). The third-order valence-corrected chi connectivity index (χ3v) is 16.1. The fraction of sp³-hybridized carbons (Fsp3) is 0.381. The molecule has 0 radical (unpaired) electrons. The summed E-state index contributed by atoms with van der Waals surface area (Å²) >= 11 is 0. The molecule has 2 aliphatic rings. The molecule has 0 fully saturated rings. The van der Waals surface area contributed by atoms with E-state index in [1.165, 1.54) is 12.1 Å². The Morgan fingerprint density at radius 1 is 0.571 bits per heavy atom. The van der Waals surface area contributed by atoms with Crippen LogP contribution < -0.4 is 15.9 Å². The second-order valence-electron chi connectivity index (χ2n) is 15.9. The van der Waals surface area contributed by atoms with Crippen LogP contribution in [0.1, 0.15) is 82.7 Å². The predicted octanol–water partition coefficient (Wildman–Crippen LogP) is 13.8. The van der Waals surface area contributed by atoms with Crippen LogP contribution in [0.3, 0.4) is 0 Å². The van der Waals surface area contributed by atoms with Gasteiger partial charge >= 0.3 is 24.7 Å². The van der Waals surface area contributed by atoms with Crippen molar-refractivity contribution in [2.45, 2.75) is 95.6 Å². The standard InChI is InChI=1S/C42H40F12P2/c1-24(56(37(2,3)4)38(5,6)7)34-16-26(25-12-8-9-13-25)17-35(34)33-14-10-11-15-36(33)55(31-20-27(39(43,44)45)18-28(21-31)40(46,47)48)32-22-29(41(49,50)51)19-30(23-32)42(52,53)54/h8-15,17-25H,16H2,1-7H3/t24-/m1/s1. The van der Waals surface area contributed by atoms with Crippen LogP contribution in [0.4, 0.5) is 52.7 Å². The number of allylic oxidation sites excluding steroid dienone is 8. The van der Waals surface area contributed by atoms with E-state index in [1.807, 2.05) is 30.4 Å². The first-order valence-electron chi connectivity index (χ1n) is 17.5. The van der Waals surface area contributed by atoms with Crippen molar-refractivity contribution in [3.8, 4) is 0 Å². The maximum atomic E-state index is 14.3. The lowest BCUT2D eigenvalue weighted by Gasteiger charge is -2.46. The Kier molecular flexibility index (Phi) is 11.8. The topological polar surface area (TPSA) is 0 Å². The van der Waals surface area contributed by atoms with Gasteiger partial charge in [0.25, 0.3) is 0 Å². The van der Waals surface area contributed by atoms with Crippen LogP contribution in [0.2, 0.25) is 0 Å². The molecule has 14 heteroatoms. The Balaban J connectivity index is 1.92. The minimum absolute atomic E-state index is 0.00736. The number of halogens is 12. The molecule has 0 bridgehead atoms. The molecule has 0 heterocycles. The van der Waals surface area contributed by atoms with Crippen LogP contribution in [-0.2, 0) is 24.7 Å². The molecule has 0 saturated carbocycles. The molecule has 56 heavy (non-hydrogen) atoms. The van der Waals surface area contributed by atoms with E-state index < -0.39 is 73.4 Å². The van der Waals surface area contributed by atoms with Gasteiger partial charge in [-0.15, -0.1) is 0 Å². The molecule has 0 amide bonds. The van der Waals surface area contributed by atoms with Crippen LogP contribution in [0.25, 0.3) is 5.57 Å². The molecule has 0 saturated heterocycles. The van der Waals surface area contributed by atoms with Crippen LogP contribution in [-0.4, -0.2) is 16.0 Å². The van der Waals surface area contributed by atoms with E-state index in [0.717, 1.165) is 11.1 Å². The van der Waals surface area contributed by atoms with Gasteiger partial charge in [-0.3, -0.25) is 0 Å². The minimum Gasteiger partial charge on any atom is -0.166 e. The summed E-state index contributed by atoms with van der Waals surface area (Å²) in [6, 6.07) is 7.30. The van der Waals surface area contributed by atoms with Crippen LogP contribution in [0.15, 0.2) is 102 Å². The summed E-state index contributed by atoms with van der Waals surface area (Å²) in [6.07, 6.45) is -11.3. The van der Waals surface area contributed by atoms with Gasteiger partial charge in [0.2, 0.25) is 0 Å². The van der Waals surface area contributed by atoms with Crippen molar-refractivity contribution >= 4 is 37.3 Å². The summed E-state index contributed by atoms with van der Waals surface area (Å²) in [7, 11) is -3.81. The van der Waals surface area contributed by atoms with E-state index in [4.69, 9.17) is 0 Å². The predicted molar refractivity (Wildman–Crippen MR) is 202 cm³/mol. The molecule has 3 aromatic rings. The van der Waals surface area contributed by atoms with Gasteiger partial charge in [0.15, 0.2) is 0 Å².